The zero-order valence-corrected chi connectivity index (χ0v) is 11.6. The monoisotopic (exact) mass is 352 g/mol. The minimum Gasteiger partial charge on any atom is -0.194 e. The summed E-state index contributed by atoms with van der Waals surface area (Å²) in [6, 6.07) is 2.45. The first-order chi connectivity index (χ1) is 10.9. The number of hydrogen-bond acceptors (Lipinski definition) is 0. The lowest BCUT2D eigenvalue weighted by molar-refractivity contribution is -0.227. The molecule has 6 rings (SSSR count). The maximum atomic E-state index is 14.1. The van der Waals surface area contributed by atoms with Crippen molar-refractivity contribution in [3.8, 4) is 0 Å². The molecule has 0 aliphatic heterocycles. The Morgan fingerprint density at radius 2 is 0.458 bits per heavy atom. The minimum absolute atomic E-state index is 0.307. The van der Waals surface area contributed by atoms with Crippen molar-refractivity contribution < 1.29 is 35.1 Å². The van der Waals surface area contributed by atoms with Crippen molar-refractivity contribution in [2.45, 2.75) is 23.7 Å². The van der Waals surface area contributed by atoms with E-state index in [9.17, 15) is 35.1 Å². The molecule has 0 aromatic heterocycles. The van der Waals surface area contributed by atoms with Gasteiger partial charge in [-0.25, -0.2) is 0 Å². The highest BCUT2D eigenvalue weighted by atomic mass is 19.3. The highest BCUT2D eigenvalue weighted by Crippen LogP contribution is 2.53. The smallest absolute Gasteiger partial charge is 0.194 e. The third-order valence-corrected chi connectivity index (χ3v) is 4.01. The van der Waals surface area contributed by atoms with Crippen LogP contribution in [-0.2, 0) is 23.7 Å². The molecule has 128 valence electrons. The molecule has 0 atom stereocenters. The average molecular weight is 352 g/mol. The zero-order chi connectivity index (χ0) is 18.0. The lowest BCUT2D eigenvalue weighted by atomic mass is 9.89. The Morgan fingerprint density at radius 1 is 0.333 bits per heavy atom. The third kappa shape index (κ3) is 1.98. The number of hydrogen-bond donors (Lipinski definition) is 0. The van der Waals surface area contributed by atoms with E-state index in [1.165, 1.54) is 0 Å². The molecule has 0 fully saturated rings. The molecular weight excluding hydrogens is 344 g/mol. The van der Waals surface area contributed by atoms with E-state index < -0.39 is 45.9 Å². The van der Waals surface area contributed by atoms with Crippen LogP contribution in [-0.4, -0.2) is 0 Å². The maximum Gasteiger partial charge on any atom is 0.339 e. The topological polar surface area (TPSA) is 0 Å². The number of alkyl halides is 8. The lowest BCUT2D eigenvalue weighted by Gasteiger charge is -2.31. The van der Waals surface area contributed by atoms with Crippen LogP contribution in [0.5, 0.6) is 0 Å². The molecule has 8 heteroatoms. The molecule has 0 saturated carbocycles. The van der Waals surface area contributed by atoms with Crippen LogP contribution in [0.2, 0.25) is 0 Å². The van der Waals surface area contributed by atoms with E-state index in [1.807, 2.05) is 0 Å². The van der Waals surface area contributed by atoms with Crippen LogP contribution in [0.25, 0.3) is 0 Å². The molecule has 0 heterocycles. The fourth-order valence-electron chi connectivity index (χ4n) is 2.50. The Hall–Kier alpha value is -2.12. The van der Waals surface area contributed by atoms with Gasteiger partial charge in [-0.1, -0.05) is 48.5 Å². The van der Waals surface area contributed by atoms with Crippen molar-refractivity contribution >= 4 is 0 Å². The normalized spacial score (nSPS) is 22.7. The second-order valence-corrected chi connectivity index (χ2v) is 5.45. The van der Waals surface area contributed by atoms with Gasteiger partial charge in [-0.2, -0.15) is 35.1 Å². The first-order valence-corrected chi connectivity index (χ1v) is 6.65. The first-order valence-electron chi connectivity index (χ1n) is 6.65. The summed E-state index contributed by atoms with van der Waals surface area (Å²) in [4.78, 5) is 0. The molecule has 0 radical (unpaired) electrons. The Balaban J connectivity index is 2.36. The number of rotatable bonds is 0. The average Bonchev–Trinajstić information content (AvgIpc) is 2.54. The van der Waals surface area contributed by atoms with Gasteiger partial charge in [0.2, 0.25) is 0 Å². The predicted octanol–water partition coefficient (Wildman–Crippen LogP) is 5.77. The second kappa shape index (κ2) is 4.70. The summed E-state index contributed by atoms with van der Waals surface area (Å²) in [6.45, 7) is 0. The van der Waals surface area contributed by atoms with E-state index in [4.69, 9.17) is 0 Å². The molecule has 0 unspecified atom stereocenters. The van der Waals surface area contributed by atoms with E-state index in [1.54, 1.807) is 0 Å². The van der Waals surface area contributed by atoms with Crippen molar-refractivity contribution in [3.63, 3.8) is 0 Å². The summed E-state index contributed by atoms with van der Waals surface area (Å²) >= 11 is 0. The molecule has 0 amide bonds. The van der Waals surface area contributed by atoms with E-state index in [2.05, 4.69) is 0 Å². The quantitative estimate of drug-likeness (QED) is 0.528. The van der Waals surface area contributed by atoms with Gasteiger partial charge in [-0.3, -0.25) is 0 Å². The highest BCUT2D eigenvalue weighted by Gasteiger charge is 2.61. The largest absolute Gasteiger partial charge is 0.339 e. The van der Waals surface area contributed by atoms with Crippen LogP contribution >= 0.6 is 0 Å². The SMILES string of the molecule is FC1(F)c2ccc(cc2)C(F)(F)C(F)(F)c2ccc(cc2)C1(F)F. The Bertz CT molecular complexity index is 626. The van der Waals surface area contributed by atoms with Gasteiger partial charge < -0.3 is 0 Å². The lowest BCUT2D eigenvalue weighted by Crippen LogP contribution is -2.38. The Kier molecular flexibility index (Phi) is 3.28. The summed E-state index contributed by atoms with van der Waals surface area (Å²) in [5.74, 6) is -18.8. The van der Waals surface area contributed by atoms with E-state index in [0.717, 1.165) is 0 Å². The van der Waals surface area contributed by atoms with Gasteiger partial charge in [-0.05, 0) is 0 Å². The number of halogens is 8. The molecule has 4 bridgehead atoms. The van der Waals surface area contributed by atoms with Crippen molar-refractivity contribution in [1.29, 1.82) is 0 Å². The summed E-state index contributed by atoms with van der Waals surface area (Å²) in [7, 11) is 0. The minimum atomic E-state index is -4.70. The summed E-state index contributed by atoms with van der Waals surface area (Å²) in [6.07, 6.45) is 0. The number of benzene rings is 2. The molecule has 4 aliphatic carbocycles. The molecular formula is C16H8F8. The second-order valence-electron chi connectivity index (χ2n) is 5.45. The molecule has 2 aromatic rings. The van der Waals surface area contributed by atoms with Crippen LogP contribution in [0, 0.1) is 0 Å². The van der Waals surface area contributed by atoms with Crippen molar-refractivity contribution in [2.75, 3.05) is 0 Å². The molecule has 24 heavy (non-hydrogen) atoms. The van der Waals surface area contributed by atoms with Gasteiger partial charge in [-0.15, -0.1) is 0 Å². The van der Waals surface area contributed by atoms with Crippen LogP contribution in [0.4, 0.5) is 35.1 Å². The summed E-state index contributed by atoms with van der Waals surface area (Å²) in [5, 5.41) is 0. The van der Waals surface area contributed by atoms with Crippen molar-refractivity contribution in [1.82, 2.24) is 0 Å². The summed E-state index contributed by atoms with van der Waals surface area (Å²) in [5.41, 5.74) is -5.00. The summed E-state index contributed by atoms with van der Waals surface area (Å²) < 4.78 is 113. The molecule has 0 N–H and O–H groups in total. The van der Waals surface area contributed by atoms with Gasteiger partial charge in [0.15, 0.2) is 0 Å². The fourth-order valence-corrected chi connectivity index (χ4v) is 2.50. The Labute approximate surface area is 130 Å². The van der Waals surface area contributed by atoms with Gasteiger partial charge >= 0.3 is 23.7 Å². The van der Waals surface area contributed by atoms with Crippen LogP contribution < -0.4 is 0 Å². The molecule has 0 saturated heterocycles. The van der Waals surface area contributed by atoms with E-state index >= 15 is 0 Å². The molecule has 4 aliphatic rings. The first kappa shape index (κ1) is 16.7. The van der Waals surface area contributed by atoms with Gasteiger partial charge in [0, 0.05) is 22.3 Å². The molecule has 2 aromatic carbocycles. The van der Waals surface area contributed by atoms with Crippen molar-refractivity contribution in [2.24, 2.45) is 0 Å². The molecule has 0 spiro atoms. The Morgan fingerprint density at radius 3 is 0.583 bits per heavy atom. The van der Waals surface area contributed by atoms with Crippen LogP contribution in [0.3, 0.4) is 0 Å². The van der Waals surface area contributed by atoms with Crippen LogP contribution in [0.15, 0.2) is 48.5 Å². The van der Waals surface area contributed by atoms with Crippen molar-refractivity contribution in [3.05, 3.63) is 70.8 Å². The standard InChI is InChI=1S/C16H8F8/c17-13(18)9-1-2-10(4-3-9)14(19,20)16(23,24)12-7-5-11(6-8-12)15(13,21)22/h1-8H. The zero-order valence-electron chi connectivity index (χ0n) is 11.6. The van der Waals surface area contributed by atoms with Crippen LogP contribution in [0.1, 0.15) is 22.3 Å². The highest BCUT2D eigenvalue weighted by molar-refractivity contribution is 5.39. The van der Waals surface area contributed by atoms with Gasteiger partial charge in [0.05, 0.1) is 0 Å². The predicted molar refractivity (Wildman–Crippen MR) is 68.5 cm³/mol. The fraction of sp³-hybridized carbons (Fsp3) is 0.250. The van der Waals surface area contributed by atoms with E-state index in [-0.39, 0.29) is 0 Å². The maximum absolute atomic E-state index is 14.1. The third-order valence-electron chi connectivity index (χ3n) is 4.01. The van der Waals surface area contributed by atoms with Gasteiger partial charge in [0.25, 0.3) is 0 Å². The van der Waals surface area contributed by atoms with Gasteiger partial charge in [0.1, 0.15) is 0 Å². The van der Waals surface area contributed by atoms with E-state index in [0.29, 0.717) is 48.5 Å². The molecule has 0 nitrogen and oxygen atoms in total.